The highest BCUT2D eigenvalue weighted by Crippen LogP contribution is 2.25. The van der Waals surface area contributed by atoms with E-state index in [0.717, 1.165) is 23.3 Å². The molecule has 0 saturated carbocycles. The average molecular weight is 278 g/mol. The van der Waals surface area contributed by atoms with Crippen molar-refractivity contribution in [1.82, 2.24) is 0 Å². The van der Waals surface area contributed by atoms with Gasteiger partial charge in [0, 0.05) is 16.4 Å². The van der Waals surface area contributed by atoms with Crippen molar-refractivity contribution in [2.24, 2.45) is 5.92 Å². The summed E-state index contributed by atoms with van der Waals surface area (Å²) >= 11 is 1.53. The zero-order valence-corrected chi connectivity index (χ0v) is 12.9. The lowest BCUT2D eigenvalue weighted by atomic mass is 9.93. The van der Waals surface area contributed by atoms with Crippen LogP contribution in [0.1, 0.15) is 50.9 Å². The molecule has 0 radical (unpaired) electrons. The van der Waals surface area contributed by atoms with Gasteiger partial charge in [-0.15, -0.1) is 11.8 Å². The van der Waals surface area contributed by atoms with E-state index in [1.54, 1.807) is 6.92 Å². The summed E-state index contributed by atoms with van der Waals surface area (Å²) in [4.78, 5) is 24.4. The largest absolute Gasteiger partial charge is 0.299 e. The molecule has 0 heterocycles. The molecule has 1 aromatic rings. The SMILES string of the molecule is CCC(CC)C(=O)c1ccc(SC(C)C(C)=O)cc1. The van der Waals surface area contributed by atoms with Crippen molar-refractivity contribution in [3.63, 3.8) is 0 Å². The van der Waals surface area contributed by atoms with E-state index >= 15 is 0 Å². The van der Waals surface area contributed by atoms with E-state index in [1.807, 2.05) is 45.0 Å². The number of carbonyl (C=O) groups is 2. The lowest BCUT2D eigenvalue weighted by Gasteiger charge is -2.12. The van der Waals surface area contributed by atoms with Gasteiger partial charge in [-0.1, -0.05) is 26.0 Å². The Morgan fingerprint density at radius 3 is 2.05 bits per heavy atom. The molecule has 2 nitrogen and oxygen atoms in total. The minimum absolute atomic E-state index is 0.0411. The van der Waals surface area contributed by atoms with E-state index in [1.165, 1.54) is 11.8 Å². The van der Waals surface area contributed by atoms with Crippen molar-refractivity contribution in [3.8, 4) is 0 Å². The van der Waals surface area contributed by atoms with E-state index in [0.29, 0.717) is 0 Å². The van der Waals surface area contributed by atoms with E-state index in [2.05, 4.69) is 0 Å². The maximum atomic E-state index is 12.2. The first-order valence-electron chi connectivity index (χ1n) is 6.80. The molecule has 0 N–H and O–H groups in total. The molecule has 0 aromatic heterocycles. The molecule has 1 aromatic carbocycles. The van der Waals surface area contributed by atoms with E-state index < -0.39 is 0 Å². The van der Waals surface area contributed by atoms with Crippen LogP contribution in [0.2, 0.25) is 0 Å². The normalized spacial score (nSPS) is 12.5. The van der Waals surface area contributed by atoms with Crippen LogP contribution in [0.4, 0.5) is 0 Å². The topological polar surface area (TPSA) is 34.1 Å². The molecule has 3 heteroatoms. The number of benzene rings is 1. The third-order valence-electron chi connectivity index (χ3n) is 3.38. The first-order chi connectivity index (χ1) is 8.99. The van der Waals surface area contributed by atoms with E-state index in [9.17, 15) is 9.59 Å². The van der Waals surface area contributed by atoms with Gasteiger partial charge in [-0.25, -0.2) is 0 Å². The Kier molecular flexibility index (Phi) is 6.29. The Hall–Kier alpha value is -1.09. The van der Waals surface area contributed by atoms with Crippen molar-refractivity contribution in [1.29, 1.82) is 0 Å². The molecular formula is C16H22O2S. The lowest BCUT2D eigenvalue weighted by Crippen LogP contribution is -2.13. The quantitative estimate of drug-likeness (QED) is 0.548. The predicted molar refractivity (Wildman–Crippen MR) is 80.8 cm³/mol. The second-order valence-corrected chi connectivity index (χ2v) is 6.19. The summed E-state index contributed by atoms with van der Waals surface area (Å²) in [6.45, 7) is 7.59. The van der Waals surface area contributed by atoms with Crippen LogP contribution in [-0.4, -0.2) is 16.8 Å². The zero-order chi connectivity index (χ0) is 14.4. The fourth-order valence-corrected chi connectivity index (χ4v) is 2.75. The Labute approximate surface area is 120 Å². The minimum atomic E-state index is -0.0411. The van der Waals surface area contributed by atoms with Gasteiger partial charge >= 0.3 is 0 Å². The summed E-state index contributed by atoms with van der Waals surface area (Å²) < 4.78 is 0. The smallest absolute Gasteiger partial charge is 0.165 e. The third kappa shape index (κ3) is 4.50. The van der Waals surface area contributed by atoms with E-state index in [4.69, 9.17) is 0 Å². The summed E-state index contributed by atoms with van der Waals surface area (Å²) in [5.74, 6) is 0.512. The van der Waals surface area contributed by atoms with Crippen molar-refractivity contribution in [2.75, 3.05) is 0 Å². The highest BCUT2D eigenvalue weighted by molar-refractivity contribution is 8.00. The molecule has 0 saturated heterocycles. The van der Waals surface area contributed by atoms with Gasteiger partial charge in [0.1, 0.15) is 5.78 Å². The molecule has 104 valence electrons. The zero-order valence-electron chi connectivity index (χ0n) is 12.1. The maximum Gasteiger partial charge on any atom is 0.165 e. The molecule has 1 rings (SSSR count). The number of ketones is 2. The number of hydrogen-bond acceptors (Lipinski definition) is 3. The lowest BCUT2D eigenvalue weighted by molar-refractivity contribution is -0.116. The number of carbonyl (C=O) groups excluding carboxylic acids is 2. The number of hydrogen-bond donors (Lipinski definition) is 0. The molecule has 0 aliphatic rings. The monoisotopic (exact) mass is 278 g/mol. The fraction of sp³-hybridized carbons (Fsp3) is 0.500. The van der Waals surface area contributed by atoms with Crippen molar-refractivity contribution in [2.45, 2.75) is 50.7 Å². The number of thioether (sulfide) groups is 1. The Morgan fingerprint density at radius 1 is 1.11 bits per heavy atom. The molecule has 0 aliphatic carbocycles. The first-order valence-corrected chi connectivity index (χ1v) is 7.68. The van der Waals surface area contributed by atoms with Crippen LogP contribution in [-0.2, 0) is 4.79 Å². The molecule has 1 atom stereocenters. The van der Waals surface area contributed by atoms with E-state index in [-0.39, 0.29) is 22.7 Å². The van der Waals surface area contributed by atoms with Gasteiger partial charge in [-0.3, -0.25) is 9.59 Å². The molecule has 0 fully saturated rings. The molecule has 0 aliphatic heterocycles. The molecule has 0 amide bonds. The van der Waals surface area contributed by atoms with Crippen molar-refractivity contribution in [3.05, 3.63) is 29.8 Å². The number of rotatable bonds is 7. The van der Waals surface area contributed by atoms with Crippen LogP contribution < -0.4 is 0 Å². The van der Waals surface area contributed by atoms with Gasteiger partial charge in [-0.2, -0.15) is 0 Å². The van der Waals surface area contributed by atoms with Crippen molar-refractivity contribution < 1.29 is 9.59 Å². The summed E-state index contributed by atoms with van der Waals surface area (Å²) in [6.07, 6.45) is 1.76. The van der Waals surface area contributed by atoms with Crippen LogP contribution in [0.25, 0.3) is 0 Å². The molecule has 1 unspecified atom stereocenters. The maximum absolute atomic E-state index is 12.2. The predicted octanol–water partition coefficient (Wildman–Crippen LogP) is 4.38. The molecule has 0 bridgehead atoms. The Morgan fingerprint density at radius 2 is 1.63 bits per heavy atom. The minimum Gasteiger partial charge on any atom is -0.299 e. The molecular weight excluding hydrogens is 256 g/mol. The van der Waals surface area contributed by atoms with Gasteiger partial charge in [-0.05, 0) is 38.8 Å². The fourth-order valence-electron chi connectivity index (χ4n) is 1.88. The molecule has 19 heavy (non-hydrogen) atoms. The summed E-state index contributed by atoms with van der Waals surface area (Å²) in [6, 6.07) is 7.60. The van der Waals surface area contributed by atoms with Gasteiger partial charge in [0.15, 0.2) is 5.78 Å². The van der Waals surface area contributed by atoms with Gasteiger partial charge < -0.3 is 0 Å². The standard InChI is InChI=1S/C16H22O2S/c1-5-13(6-2)16(18)14-7-9-15(10-8-14)19-12(4)11(3)17/h7-10,12-13H,5-6H2,1-4H3. The van der Waals surface area contributed by atoms with Crippen LogP contribution in [0.15, 0.2) is 29.2 Å². The summed E-state index contributed by atoms with van der Waals surface area (Å²) in [7, 11) is 0. The van der Waals surface area contributed by atoms with Gasteiger partial charge in [0.2, 0.25) is 0 Å². The second kappa shape index (κ2) is 7.49. The van der Waals surface area contributed by atoms with Crippen molar-refractivity contribution >= 4 is 23.3 Å². The van der Waals surface area contributed by atoms with Crippen LogP contribution in [0.3, 0.4) is 0 Å². The summed E-state index contributed by atoms with van der Waals surface area (Å²) in [5.41, 5.74) is 0.772. The second-order valence-electron chi connectivity index (χ2n) is 4.77. The van der Waals surface area contributed by atoms with Crippen LogP contribution in [0.5, 0.6) is 0 Å². The Balaban J connectivity index is 2.76. The van der Waals surface area contributed by atoms with Gasteiger partial charge in [0.25, 0.3) is 0 Å². The number of Topliss-reactive ketones (excluding diaryl/α,β-unsaturated/α-hetero) is 2. The Bertz CT molecular complexity index is 433. The highest BCUT2D eigenvalue weighted by atomic mass is 32.2. The highest BCUT2D eigenvalue weighted by Gasteiger charge is 2.16. The van der Waals surface area contributed by atoms with Crippen LogP contribution in [0, 0.1) is 5.92 Å². The average Bonchev–Trinajstić information content (AvgIpc) is 2.40. The molecule has 0 spiro atoms. The third-order valence-corrected chi connectivity index (χ3v) is 4.61. The first kappa shape index (κ1) is 16.0. The van der Waals surface area contributed by atoms with Gasteiger partial charge in [0.05, 0.1) is 5.25 Å². The summed E-state index contributed by atoms with van der Waals surface area (Å²) in [5, 5.41) is -0.0411. The van der Waals surface area contributed by atoms with Crippen LogP contribution >= 0.6 is 11.8 Å².